The van der Waals surface area contributed by atoms with Gasteiger partial charge in [0.05, 0.1) is 11.6 Å². The molecular formula is C37H38F3NO5. The summed E-state index contributed by atoms with van der Waals surface area (Å²) >= 11 is 0. The highest BCUT2D eigenvalue weighted by Gasteiger charge is 2.30. The van der Waals surface area contributed by atoms with Crippen LogP contribution in [0.3, 0.4) is 0 Å². The first kappa shape index (κ1) is 34.1. The van der Waals surface area contributed by atoms with Gasteiger partial charge in [0.15, 0.2) is 0 Å². The van der Waals surface area contributed by atoms with E-state index in [4.69, 9.17) is 9.47 Å². The lowest BCUT2D eigenvalue weighted by Gasteiger charge is -2.23. The van der Waals surface area contributed by atoms with E-state index in [1.807, 2.05) is 13.8 Å². The highest BCUT2D eigenvalue weighted by Crippen LogP contribution is 2.33. The van der Waals surface area contributed by atoms with Crippen LogP contribution in [0.4, 0.5) is 13.2 Å². The number of nitrogens with one attached hydrogen (secondary N) is 1. The molecule has 0 fully saturated rings. The average molecular weight is 634 g/mol. The first-order chi connectivity index (χ1) is 21.8. The number of carboxylic acid groups (broad SMARTS) is 1. The van der Waals surface area contributed by atoms with Crippen molar-refractivity contribution in [1.29, 1.82) is 0 Å². The number of aliphatic carboxylic acids is 1. The molecule has 0 heterocycles. The van der Waals surface area contributed by atoms with E-state index in [0.717, 1.165) is 28.8 Å². The summed E-state index contributed by atoms with van der Waals surface area (Å²) in [6.07, 6.45) is -3.73. The molecule has 1 unspecified atom stereocenters. The van der Waals surface area contributed by atoms with Crippen molar-refractivity contribution in [2.24, 2.45) is 5.92 Å². The molecule has 4 aromatic carbocycles. The van der Waals surface area contributed by atoms with Gasteiger partial charge in [-0.2, -0.15) is 13.2 Å². The number of hydrogen-bond acceptors (Lipinski definition) is 4. The Hall–Kier alpha value is -4.79. The van der Waals surface area contributed by atoms with Crippen molar-refractivity contribution in [3.63, 3.8) is 0 Å². The van der Waals surface area contributed by atoms with Crippen molar-refractivity contribution in [3.8, 4) is 17.2 Å². The molecule has 0 radical (unpaired) electrons. The van der Waals surface area contributed by atoms with E-state index in [1.165, 1.54) is 12.1 Å². The third-order valence-electron chi connectivity index (χ3n) is 7.29. The maximum atomic E-state index is 13.8. The lowest BCUT2D eigenvalue weighted by Crippen LogP contribution is -2.30. The van der Waals surface area contributed by atoms with Gasteiger partial charge >= 0.3 is 12.1 Å². The number of ether oxygens (including phenoxy) is 2. The number of amides is 1. The normalized spacial score (nSPS) is 12.1. The average Bonchev–Trinajstić information content (AvgIpc) is 2.98. The summed E-state index contributed by atoms with van der Waals surface area (Å²) in [5.41, 5.74) is 4.01. The van der Waals surface area contributed by atoms with Crippen molar-refractivity contribution in [2.45, 2.75) is 65.8 Å². The van der Waals surface area contributed by atoms with Gasteiger partial charge in [0, 0.05) is 12.0 Å². The van der Waals surface area contributed by atoms with Crippen LogP contribution in [0.25, 0.3) is 0 Å². The molecule has 0 saturated carbocycles. The number of halogens is 3. The molecule has 0 spiro atoms. The second kappa shape index (κ2) is 15.0. The number of benzene rings is 4. The lowest BCUT2D eigenvalue weighted by atomic mass is 9.93. The Bertz CT molecular complexity index is 1660. The number of alkyl halides is 3. The van der Waals surface area contributed by atoms with Crippen LogP contribution in [0.2, 0.25) is 0 Å². The minimum Gasteiger partial charge on any atom is -0.489 e. The van der Waals surface area contributed by atoms with Crippen molar-refractivity contribution in [2.75, 3.05) is 0 Å². The van der Waals surface area contributed by atoms with Crippen LogP contribution in [0.5, 0.6) is 17.2 Å². The first-order valence-corrected chi connectivity index (χ1v) is 15.1. The molecule has 4 aromatic rings. The Morgan fingerprint density at radius 2 is 1.52 bits per heavy atom. The van der Waals surface area contributed by atoms with Gasteiger partial charge in [0.1, 0.15) is 23.9 Å². The van der Waals surface area contributed by atoms with E-state index >= 15 is 0 Å². The molecule has 1 amide bonds. The van der Waals surface area contributed by atoms with Crippen LogP contribution >= 0.6 is 0 Å². The number of aryl methyl sites for hydroxylation is 3. The van der Waals surface area contributed by atoms with Crippen molar-refractivity contribution in [1.82, 2.24) is 5.32 Å². The summed E-state index contributed by atoms with van der Waals surface area (Å²) in [5.74, 6) is -0.191. The molecule has 242 valence electrons. The summed E-state index contributed by atoms with van der Waals surface area (Å²) in [6, 6.07) is 22.4. The Kier molecular flexibility index (Phi) is 11.1. The van der Waals surface area contributed by atoms with Crippen LogP contribution < -0.4 is 14.8 Å². The molecule has 0 aliphatic rings. The zero-order valence-electron chi connectivity index (χ0n) is 26.3. The van der Waals surface area contributed by atoms with Crippen LogP contribution in [0, 0.1) is 19.8 Å². The third-order valence-corrected chi connectivity index (χ3v) is 7.29. The van der Waals surface area contributed by atoms with Gasteiger partial charge < -0.3 is 19.9 Å². The molecule has 0 bridgehead atoms. The molecule has 0 aromatic heterocycles. The molecule has 0 saturated heterocycles. The van der Waals surface area contributed by atoms with Crippen molar-refractivity contribution >= 4 is 11.9 Å². The van der Waals surface area contributed by atoms with Crippen LogP contribution in [-0.2, 0) is 24.0 Å². The van der Waals surface area contributed by atoms with E-state index in [9.17, 15) is 27.9 Å². The fraction of sp³-hybridized carbons (Fsp3) is 0.297. The number of rotatable bonds is 13. The molecule has 0 aliphatic carbocycles. The van der Waals surface area contributed by atoms with Crippen molar-refractivity contribution < 1.29 is 37.3 Å². The Morgan fingerprint density at radius 1 is 0.848 bits per heavy atom. The number of hydrogen-bond donors (Lipinski definition) is 2. The van der Waals surface area contributed by atoms with E-state index in [1.54, 1.807) is 42.5 Å². The molecule has 1 atom stereocenters. The Labute approximate surface area is 267 Å². The van der Waals surface area contributed by atoms with Crippen LogP contribution in [0.1, 0.15) is 76.5 Å². The molecule has 2 N–H and O–H groups in total. The molecule has 6 nitrogen and oxygen atoms in total. The van der Waals surface area contributed by atoms with E-state index < -0.39 is 17.7 Å². The topological polar surface area (TPSA) is 84.9 Å². The highest BCUT2D eigenvalue weighted by molar-refractivity contribution is 5.96. The minimum absolute atomic E-state index is 0.0529. The maximum absolute atomic E-state index is 13.8. The number of carbonyl (C=O) groups is 2. The summed E-state index contributed by atoms with van der Waals surface area (Å²) in [6.45, 7) is 8.31. The third kappa shape index (κ3) is 9.86. The molecule has 0 aliphatic heterocycles. The van der Waals surface area contributed by atoms with Gasteiger partial charge in [0.25, 0.3) is 5.91 Å². The van der Waals surface area contributed by atoms with E-state index in [-0.39, 0.29) is 37.1 Å². The second-order valence-electron chi connectivity index (χ2n) is 11.9. The fourth-order valence-electron chi connectivity index (χ4n) is 5.25. The largest absolute Gasteiger partial charge is 0.489 e. The summed E-state index contributed by atoms with van der Waals surface area (Å²) in [7, 11) is 0. The van der Waals surface area contributed by atoms with Gasteiger partial charge in [-0.3, -0.25) is 9.59 Å². The van der Waals surface area contributed by atoms with E-state index in [2.05, 4.69) is 37.4 Å². The molecule has 46 heavy (non-hydrogen) atoms. The Morgan fingerprint density at radius 3 is 2.17 bits per heavy atom. The zero-order chi connectivity index (χ0) is 33.4. The lowest BCUT2D eigenvalue weighted by molar-refractivity contribution is -0.138. The van der Waals surface area contributed by atoms with Crippen molar-refractivity contribution in [3.05, 3.63) is 124 Å². The number of carboxylic acids is 1. The van der Waals surface area contributed by atoms with Crippen LogP contribution in [-0.4, -0.2) is 17.0 Å². The summed E-state index contributed by atoms with van der Waals surface area (Å²) in [5, 5.41) is 12.5. The van der Waals surface area contributed by atoms with Gasteiger partial charge in [-0.25, -0.2) is 0 Å². The van der Waals surface area contributed by atoms with Gasteiger partial charge in [-0.05, 0) is 91.8 Å². The quantitative estimate of drug-likeness (QED) is 0.153. The van der Waals surface area contributed by atoms with E-state index in [0.29, 0.717) is 40.5 Å². The Balaban J connectivity index is 1.53. The monoisotopic (exact) mass is 633 g/mol. The summed E-state index contributed by atoms with van der Waals surface area (Å²) < 4.78 is 51.0. The number of carbonyl (C=O) groups excluding carboxylic acids is 1. The smallest absolute Gasteiger partial charge is 0.416 e. The van der Waals surface area contributed by atoms with Gasteiger partial charge in [-0.1, -0.05) is 67.4 Å². The summed E-state index contributed by atoms with van der Waals surface area (Å²) in [4.78, 5) is 25.1. The predicted octanol–water partition coefficient (Wildman–Crippen LogP) is 9.23. The predicted molar refractivity (Wildman–Crippen MR) is 170 cm³/mol. The molecule has 4 rings (SSSR count). The minimum atomic E-state index is -4.48. The fourth-order valence-corrected chi connectivity index (χ4v) is 5.25. The second-order valence-corrected chi connectivity index (χ2v) is 11.9. The molecule has 9 heteroatoms. The first-order valence-electron chi connectivity index (χ1n) is 15.1. The highest BCUT2D eigenvalue weighted by atomic mass is 19.4. The van der Waals surface area contributed by atoms with Crippen LogP contribution in [0.15, 0.2) is 84.9 Å². The van der Waals surface area contributed by atoms with Gasteiger partial charge in [-0.15, -0.1) is 0 Å². The standard InChI is InChI=1S/C37H38F3NO5/c1-23(2)15-34(28-17-24(3)16-25(4)18-28)41-36(44)33-21-30(13-11-27(33)12-14-35(42)43)45-22-26-7-5-9-31(19-26)46-32-10-6-8-29(20-32)37(38,39)40/h5-11,13,16-21,23,34H,12,14-15,22H2,1-4H3,(H,41,44)(H,42,43). The van der Waals surface area contributed by atoms with Gasteiger partial charge in [0.2, 0.25) is 0 Å². The molecular weight excluding hydrogens is 595 g/mol. The maximum Gasteiger partial charge on any atom is 0.416 e. The zero-order valence-corrected chi connectivity index (χ0v) is 26.3. The SMILES string of the molecule is Cc1cc(C)cc(C(CC(C)C)NC(=O)c2cc(OCc3cccc(Oc4cccc(C(F)(F)F)c4)c3)ccc2CCC(=O)O)c1.